The third-order valence-corrected chi connectivity index (χ3v) is 4.45. The topological polar surface area (TPSA) is 77.6 Å². The lowest BCUT2D eigenvalue weighted by Crippen LogP contribution is -2.25. The van der Waals surface area contributed by atoms with E-state index >= 15 is 0 Å². The number of rotatable bonds is 5. The van der Waals surface area contributed by atoms with Crippen LogP contribution in [0.25, 0.3) is 0 Å². The van der Waals surface area contributed by atoms with Crippen molar-refractivity contribution in [2.24, 2.45) is 7.05 Å². The standard InChI is InChI=1S/C15H20N6O/c1-9-18-19-13(21(9)11-5-6-11)8-16-15(22)12-7-17-20(2)14(12)10-3-4-10/h7,10-11H,3-6,8H2,1-2H3,(H,16,22). The summed E-state index contributed by atoms with van der Waals surface area (Å²) < 4.78 is 3.97. The molecule has 0 unspecified atom stereocenters. The Labute approximate surface area is 128 Å². The zero-order valence-corrected chi connectivity index (χ0v) is 12.9. The van der Waals surface area contributed by atoms with E-state index in [-0.39, 0.29) is 5.91 Å². The first-order valence-corrected chi connectivity index (χ1v) is 7.85. The second-order valence-corrected chi connectivity index (χ2v) is 6.29. The van der Waals surface area contributed by atoms with Crippen molar-refractivity contribution in [3.8, 4) is 0 Å². The average Bonchev–Trinajstić information content (AvgIpc) is 3.42. The van der Waals surface area contributed by atoms with E-state index in [2.05, 4.69) is 25.2 Å². The van der Waals surface area contributed by atoms with Gasteiger partial charge in [0, 0.05) is 19.0 Å². The van der Waals surface area contributed by atoms with Crippen molar-refractivity contribution in [1.82, 2.24) is 29.9 Å². The Morgan fingerprint density at radius 1 is 1.32 bits per heavy atom. The third-order valence-electron chi connectivity index (χ3n) is 4.45. The summed E-state index contributed by atoms with van der Waals surface area (Å²) in [6, 6.07) is 0.516. The number of hydrogen-bond donors (Lipinski definition) is 1. The van der Waals surface area contributed by atoms with Crippen molar-refractivity contribution in [2.75, 3.05) is 0 Å². The van der Waals surface area contributed by atoms with Crippen molar-refractivity contribution >= 4 is 5.91 Å². The number of nitrogens with zero attached hydrogens (tertiary/aromatic N) is 5. The van der Waals surface area contributed by atoms with Crippen LogP contribution in [0.5, 0.6) is 0 Å². The van der Waals surface area contributed by atoms with E-state index in [1.54, 1.807) is 6.20 Å². The molecule has 2 heterocycles. The van der Waals surface area contributed by atoms with Gasteiger partial charge in [0.15, 0.2) is 5.82 Å². The molecule has 7 heteroatoms. The molecule has 1 N–H and O–H groups in total. The van der Waals surface area contributed by atoms with Crippen LogP contribution >= 0.6 is 0 Å². The van der Waals surface area contributed by atoms with Gasteiger partial charge in [-0.3, -0.25) is 9.48 Å². The van der Waals surface area contributed by atoms with E-state index in [1.807, 2.05) is 18.7 Å². The van der Waals surface area contributed by atoms with Gasteiger partial charge in [-0.15, -0.1) is 10.2 Å². The molecule has 2 saturated carbocycles. The fraction of sp³-hybridized carbons (Fsp3) is 0.600. The van der Waals surface area contributed by atoms with Crippen molar-refractivity contribution in [2.45, 2.75) is 51.1 Å². The van der Waals surface area contributed by atoms with E-state index in [9.17, 15) is 4.79 Å². The SMILES string of the molecule is Cc1nnc(CNC(=O)c2cnn(C)c2C2CC2)n1C1CC1. The molecule has 22 heavy (non-hydrogen) atoms. The monoisotopic (exact) mass is 300 g/mol. The summed E-state index contributed by atoms with van der Waals surface area (Å²) in [6.07, 6.45) is 6.31. The van der Waals surface area contributed by atoms with Crippen molar-refractivity contribution in [1.29, 1.82) is 0 Å². The van der Waals surface area contributed by atoms with Crippen LogP contribution in [0.3, 0.4) is 0 Å². The molecule has 0 spiro atoms. The van der Waals surface area contributed by atoms with Crippen LogP contribution in [0, 0.1) is 6.92 Å². The maximum absolute atomic E-state index is 12.5. The first-order chi connectivity index (χ1) is 10.6. The van der Waals surface area contributed by atoms with Gasteiger partial charge in [0.2, 0.25) is 0 Å². The predicted molar refractivity (Wildman–Crippen MR) is 79.4 cm³/mol. The highest BCUT2D eigenvalue weighted by atomic mass is 16.1. The first-order valence-electron chi connectivity index (χ1n) is 7.85. The van der Waals surface area contributed by atoms with Crippen LogP contribution in [0.15, 0.2) is 6.20 Å². The highest BCUT2D eigenvalue weighted by Crippen LogP contribution is 2.41. The van der Waals surface area contributed by atoms with Gasteiger partial charge in [0.05, 0.1) is 24.0 Å². The molecule has 2 aliphatic carbocycles. The van der Waals surface area contributed by atoms with E-state index in [0.717, 1.165) is 30.2 Å². The zero-order chi connectivity index (χ0) is 15.3. The van der Waals surface area contributed by atoms with E-state index < -0.39 is 0 Å². The van der Waals surface area contributed by atoms with E-state index in [1.165, 1.54) is 12.8 Å². The van der Waals surface area contributed by atoms with Crippen molar-refractivity contribution in [3.63, 3.8) is 0 Å². The summed E-state index contributed by atoms with van der Waals surface area (Å²) in [6.45, 7) is 2.37. The van der Waals surface area contributed by atoms with E-state index in [0.29, 0.717) is 24.1 Å². The van der Waals surface area contributed by atoms with Crippen LogP contribution in [0.2, 0.25) is 0 Å². The number of aryl methyl sites for hydroxylation is 2. The first kappa shape index (κ1) is 13.5. The van der Waals surface area contributed by atoms with Crippen LogP contribution in [-0.2, 0) is 13.6 Å². The summed E-state index contributed by atoms with van der Waals surface area (Å²) in [5, 5.41) is 15.5. The average molecular weight is 300 g/mol. The molecule has 0 atom stereocenters. The van der Waals surface area contributed by atoms with Gasteiger partial charge < -0.3 is 9.88 Å². The number of carbonyl (C=O) groups excluding carboxylic acids is 1. The lowest BCUT2D eigenvalue weighted by molar-refractivity contribution is 0.0948. The molecule has 7 nitrogen and oxygen atoms in total. The van der Waals surface area contributed by atoms with Crippen molar-refractivity contribution < 1.29 is 4.79 Å². The number of nitrogens with one attached hydrogen (secondary N) is 1. The number of aromatic nitrogens is 5. The molecular weight excluding hydrogens is 280 g/mol. The molecule has 0 radical (unpaired) electrons. The molecule has 0 saturated heterocycles. The van der Waals surface area contributed by atoms with Crippen LogP contribution in [0.4, 0.5) is 0 Å². The fourth-order valence-electron chi connectivity index (χ4n) is 3.06. The Morgan fingerprint density at radius 3 is 2.77 bits per heavy atom. The molecule has 2 aromatic heterocycles. The molecular formula is C15H20N6O. The summed E-state index contributed by atoms with van der Waals surface area (Å²) in [7, 11) is 1.90. The summed E-state index contributed by atoms with van der Waals surface area (Å²) in [5.41, 5.74) is 1.75. The number of carbonyl (C=O) groups is 1. The minimum absolute atomic E-state index is 0.0713. The summed E-state index contributed by atoms with van der Waals surface area (Å²) in [5.74, 6) is 2.18. The molecule has 0 aromatic carbocycles. The van der Waals surface area contributed by atoms with Gasteiger partial charge in [-0.25, -0.2) is 0 Å². The summed E-state index contributed by atoms with van der Waals surface area (Å²) in [4.78, 5) is 12.5. The van der Waals surface area contributed by atoms with Crippen LogP contribution < -0.4 is 5.32 Å². The lowest BCUT2D eigenvalue weighted by Gasteiger charge is -2.09. The molecule has 116 valence electrons. The van der Waals surface area contributed by atoms with Gasteiger partial charge in [0.25, 0.3) is 5.91 Å². The zero-order valence-electron chi connectivity index (χ0n) is 12.9. The van der Waals surface area contributed by atoms with Gasteiger partial charge >= 0.3 is 0 Å². The Morgan fingerprint density at radius 2 is 2.09 bits per heavy atom. The minimum Gasteiger partial charge on any atom is -0.345 e. The van der Waals surface area contributed by atoms with E-state index in [4.69, 9.17) is 0 Å². The maximum Gasteiger partial charge on any atom is 0.255 e. The quantitative estimate of drug-likeness (QED) is 0.907. The highest BCUT2D eigenvalue weighted by molar-refractivity contribution is 5.95. The highest BCUT2D eigenvalue weighted by Gasteiger charge is 2.32. The van der Waals surface area contributed by atoms with Gasteiger partial charge in [-0.2, -0.15) is 5.10 Å². The van der Waals surface area contributed by atoms with Crippen LogP contribution in [0.1, 0.15) is 65.3 Å². The molecule has 2 aromatic rings. The Hall–Kier alpha value is -2.18. The second-order valence-electron chi connectivity index (χ2n) is 6.29. The van der Waals surface area contributed by atoms with Gasteiger partial charge in [0.1, 0.15) is 5.82 Å². The smallest absolute Gasteiger partial charge is 0.255 e. The van der Waals surface area contributed by atoms with Gasteiger partial charge in [-0.05, 0) is 32.6 Å². The number of hydrogen-bond acceptors (Lipinski definition) is 4. The van der Waals surface area contributed by atoms with Crippen LogP contribution in [-0.4, -0.2) is 30.5 Å². The second kappa shape index (κ2) is 4.93. The molecule has 1 amide bonds. The fourth-order valence-corrected chi connectivity index (χ4v) is 3.06. The maximum atomic E-state index is 12.5. The normalized spacial score (nSPS) is 17.7. The molecule has 2 fully saturated rings. The molecule has 4 rings (SSSR count). The van der Waals surface area contributed by atoms with Crippen molar-refractivity contribution in [3.05, 3.63) is 29.1 Å². The number of amides is 1. The Kier molecular flexibility index (Phi) is 3.02. The molecule has 2 aliphatic rings. The third kappa shape index (κ3) is 2.30. The van der Waals surface area contributed by atoms with Gasteiger partial charge in [-0.1, -0.05) is 0 Å². The molecule has 0 bridgehead atoms. The minimum atomic E-state index is -0.0713. The Balaban J connectivity index is 1.49. The summed E-state index contributed by atoms with van der Waals surface area (Å²) >= 11 is 0. The Bertz CT molecular complexity index is 722. The predicted octanol–water partition coefficient (Wildman–Crippen LogP) is 1.46. The lowest BCUT2D eigenvalue weighted by atomic mass is 10.1. The molecule has 0 aliphatic heterocycles. The largest absolute Gasteiger partial charge is 0.345 e.